The fourth-order valence-electron chi connectivity index (χ4n) is 2.77. The number of hydrogen-bond acceptors (Lipinski definition) is 1. The number of fused-ring (bicyclic) bond motifs is 1. The van der Waals surface area contributed by atoms with Crippen molar-refractivity contribution in [3.05, 3.63) is 60.7 Å². The summed E-state index contributed by atoms with van der Waals surface area (Å²) in [5, 5.41) is 2.60. The van der Waals surface area contributed by atoms with Gasteiger partial charge in [-0.15, -0.1) is 0 Å². The van der Waals surface area contributed by atoms with Crippen molar-refractivity contribution in [3.8, 4) is 16.9 Å². The van der Waals surface area contributed by atoms with E-state index in [2.05, 4.69) is 62.6 Å². The molecular weight excluding hydrogens is 345 g/mol. The maximum absolute atomic E-state index is 9.75. The van der Waals surface area contributed by atoms with Crippen LogP contribution in [0, 0.1) is 0 Å². The van der Waals surface area contributed by atoms with Gasteiger partial charge in [-0.3, -0.25) is 0 Å². The molecule has 0 aliphatic rings. The lowest BCUT2D eigenvalue weighted by molar-refractivity contribution is -0.785. The monoisotopic (exact) mass is 365 g/mol. The largest absolute Gasteiger partial charge is 0.673 e. The standard InChI is InChI=1S/C19H19NO.BF4/c1-20(2)18-9-5-7-15-6-4-8-17(19(15)18)14-10-12-16(21-3)13-11-14;2-1(3,4)5/h4-13H,1-3H3;/q;-1/p+1. The topological polar surface area (TPSA) is 13.7 Å². The lowest BCUT2D eigenvalue weighted by Crippen LogP contribution is -3.00. The quantitative estimate of drug-likeness (QED) is 0.530. The molecule has 0 amide bonds. The Morgan fingerprint density at radius 1 is 0.808 bits per heavy atom. The molecule has 3 aromatic rings. The van der Waals surface area contributed by atoms with Gasteiger partial charge in [0.15, 0.2) is 0 Å². The molecular formula is C19H20BF4NO. The van der Waals surface area contributed by atoms with Gasteiger partial charge in [0.25, 0.3) is 0 Å². The molecule has 0 radical (unpaired) electrons. The van der Waals surface area contributed by atoms with Crippen molar-refractivity contribution in [2.45, 2.75) is 0 Å². The molecule has 0 unspecified atom stereocenters. The minimum absolute atomic E-state index is 0.887. The van der Waals surface area contributed by atoms with E-state index in [1.807, 2.05) is 12.1 Å². The molecule has 26 heavy (non-hydrogen) atoms. The second-order valence-corrected chi connectivity index (χ2v) is 5.93. The molecule has 2 nitrogen and oxygen atoms in total. The van der Waals surface area contributed by atoms with Crippen molar-refractivity contribution >= 4 is 23.7 Å². The first-order valence-electron chi connectivity index (χ1n) is 8.04. The van der Waals surface area contributed by atoms with Crippen LogP contribution in [-0.4, -0.2) is 28.5 Å². The number of hydrogen-bond donors (Lipinski definition) is 1. The number of nitrogens with one attached hydrogen (secondary N) is 1. The molecule has 0 fully saturated rings. The first-order valence-corrected chi connectivity index (χ1v) is 8.04. The first-order chi connectivity index (χ1) is 12.2. The Bertz CT molecular complexity index is 852. The fraction of sp³-hybridized carbons (Fsp3) is 0.158. The Labute approximate surface area is 150 Å². The van der Waals surface area contributed by atoms with Crippen LogP contribution in [0.3, 0.4) is 0 Å². The summed E-state index contributed by atoms with van der Waals surface area (Å²) in [5.74, 6) is 0.887. The van der Waals surface area contributed by atoms with Gasteiger partial charge in [0, 0.05) is 0 Å². The number of ether oxygens (including phenoxy) is 1. The Balaban J connectivity index is 0.000000431. The van der Waals surface area contributed by atoms with Gasteiger partial charge in [0.2, 0.25) is 0 Å². The smallest absolute Gasteiger partial charge is 0.497 e. The number of rotatable bonds is 3. The normalized spacial score (nSPS) is 11.2. The van der Waals surface area contributed by atoms with E-state index in [9.17, 15) is 17.3 Å². The Morgan fingerprint density at radius 2 is 1.35 bits per heavy atom. The third kappa shape index (κ3) is 5.23. The second-order valence-electron chi connectivity index (χ2n) is 5.93. The van der Waals surface area contributed by atoms with E-state index in [4.69, 9.17) is 4.74 Å². The van der Waals surface area contributed by atoms with Gasteiger partial charge in [0.05, 0.1) is 26.6 Å². The number of benzene rings is 3. The van der Waals surface area contributed by atoms with Crippen LogP contribution in [0.1, 0.15) is 0 Å². The van der Waals surface area contributed by atoms with E-state index in [1.165, 1.54) is 32.5 Å². The molecule has 138 valence electrons. The van der Waals surface area contributed by atoms with Crippen LogP contribution < -0.4 is 9.64 Å². The van der Waals surface area contributed by atoms with Crippen LogP contribution in [0.25, 0.3) is 21.9 Å². The van der Waals surface area contributed by atoms with Gasteiger partial charge < -0.3 is 26.9 Å². The maximum atomic E-state index is 9.75. The summed E-state index contributed by atoms with van der Waals surface area (Å²) < 4.78 is 44.3. The van der Waals surface area contributed by atoms with Crippen LogP contribution in [0.15, 0.2) is 60.7 Å². The predicted molar refractivity (Wildman–Crippen MR) is 98.6 cm³/mol. The second kappa shape index (κ2) is 8.23. The van der Waals surface area contributed by atoms with Gasteiger partial charge in [-0.25, -0.2) is 0 Å². The number of methoxy groups -OCH3 is 1. The molecule has 0 aromatic heterocycles. The molecule has 0 heterocycles. The summed E-state index contributed by atoms with van der Waals surface area (Å²) in [4.78, 5) is 1.33. The minimum Gasteiger partial charge on any atom is -0.497 e. The SMILES string of the molecule is COc1ccc(-c2cccc3cccc([NH+](C)C)c23)cc1.F[B-](F)(F)F. The first kappa shape index (κ1) is 19.8. The van der Waals surface area contributed by atoms with Crippen molar-refractivity contribution in [3.63, 3.8) is 0 Å². The highest BCUT2D eigenvalue weighted by Crippen LogP contribution is 2.33. The van der Waals surface area contributed by atoms with E-state index in [0.717, 1.165) is 5.75 Å². The van der Waals surface area contributed by atoms with Crippen LogP contribution >= 0.6 is 0 Å². The molecule has 0 aliphatic heterocycles. The van der Waals surface area contributed by atoms with Gasteiger partial charge in [-0.1, -0.05) is 42.5 Å². The van der Waals surface area contributed by atoms with E-state index in [-0.39, 0.29) is 0 Å². The minimum atomic E-state index is -6.00. The van der Waals surface area contributed by atoms with Gasteiger partial charge in [-0.05, 0) is 34.7 Å². The molecule has 3 aromatic carbocycles. The third-order valence-corrected chi connectivity index (χ3v) is 3.84. The van der Waals surface area contributed by atoms with Crippen LogP contribution in [-0.2, 0) is 0 Å². The van der Waals surface area contributed by atoms with Crippen LogP contribution in [0.2, 0.25) is 0 Å². The Kier molecular flexibility index (Phi) is 6.26. The molecule has 0 bridgehead atoms. The van der Waals surface area contributed by atoms with E-state index in [1.54, 1.807) is 7.11 Å². The van der Waals surface area contributed by atoms with E-state index in [0.29, 0.717) is 0 Å². The predicted octanol–water partition coefficient (Wildman–Crippen LogP) is 4.59. The van der Waals surface area contributed by atoms with E-state index < -0.39 is 7.25 Å². The van der Waals surface area contributed by atoms with Gasteiger partial charge >= 0.3 is 7.25 Å². The maximum Gasteiger partial charge on any atom is 0.673 e. The molecule has 0 aliphatic carbocycles. The van der Waals surface area contributed by atoms with Crippen molar-refractivity contribution in [1.29, 1.82) is 0 Å². The van der Waals surface area contributed by atoms with Crippen LogP contribution in [0.5, 0.6) is 5.75 Å². The molecule has 0 atom stereocenters. The molecule has 0 saturated carbocycles. The number of quaternary nitrogens is 1. The zero-order chi connectivity index (χ0) is 19.3. The molecule has 7 heteroatoms. The highest BCUT2D eigenvalue weighted by molar-refractivity contribution is 6.50. The zero-order valence-electron chi connectivity index (χ0n) is 14.8. The lowest BCUT2D eigenvalue weighted by Gasteiger charge is -2.14. The Morgan fingerprint density at radius 3 is 1.85 bits per heavy atom. The van der Waals surface area contributed by atoms with Crippen molar-refractivity contribution in [2.24, 2.45) is 0 Å². The summed E-state index contributed by atoms with van der Waals surface area (Å²) in [6.45, 7) is 0. The highest BCUT2D eigenvalue weighted by Gasteiger charge is 2.20. The summed E-state index contributed by atoms with van der Waals surface area (Å²) in [7, 11) is 0.0274. The van der Waals surface area contributed by atoms with Crippen molar-refractivity contribution < 1.29 is 26.9 Å². The zero-order valence-corrected chi connectivity index (χ0v) is 14.8. The van der Waals surface area contributed by atoms with Crippen molar-refractivity contribution in [2.75, 3.05) is 21.2 Å². The van der Waals surface area contributed by atoms with E-state index >= 15 is 0 Å². The molecule has 0 spiro atoms. The summed E-state index contributed by atoms with van der Waals surface area (Å²) >= 11 is 0. The highest BCUT2D eigenvalue weighted by atomic mass is 19.5. The fourth-order valence-corrected chi connectivity index (χ4v) is 2.77. The summed E-state index contributed by atoms with van der Waals surface area (Å²) in [5.41, 5.74) is 3.81. The molecule has 0 saturated heterocycles. The average molecular weight is 365 g/mol. The lowest BCUT2D eigenvalue weighted by atomic mass is 9.96. The van der Waals surface area contributed by atoms with Gasteiger partial charge in [0.1, 0.15) is 11.4 Å². The van der Waals surface area contributed by atoms with Crippen molar-refractivity contribution in [1.82, 2.24) is 0 Å². The summed E-state index contributed by atoms with van der Waals surface area (Å²) in [6.07, 6.45) is 0. The third-order valence-electron chi connectivity index (χ3n) is 3.84. The Hall–Kier alpha value is -2.54. The van der Waals surface area contributed by atoms with Gasteiger partial charge in [-0.2, -0.15) is 0 Å². The molecule has 1 N–H and O–H groups in total. The molecule has 3 rings (SSSR count). The average Bonchev–Trinajstić information content (AvgIpc) is 2.59. The number of halogens is 4. The summed E-state index contributed by atoms with van der Waals surface area (Å²) in [6, 6.07) is 21.3. The van der Waals surface area contributed by atoms with Crippen LogP contribution in [0.4, 0.5) is 23.0 Å².